The van der Waals surface area contributed by atoms with Gasteiger partial charge in [-0.1, -0.05) is 0 Å². The first kappa shape index (κ1) is 16.7. The molecule has 0 radical (unpaired) electrons. The summed E-state index contributed by atoms with van der Waals surface area (Å²) in [5.41, 5.74) is 3.08. The van der Waals surface area contributed by atoms with E-state index in [0.29, 0.717) is 12.6 Å². The zero-order valence-electron chi connectivity index (χ0n) is 14.6. The molecule has 0 bridgehead atoms. The van der Waals surface area contributed by atoms with E-state index in [4.69, 9.17) is 14.2 Å². The number of hydrogen-bond acceptors (Lipinski definition) is 5. The Bertz CT molecular complexity index is 653. The molecule has 1 unspecified atom stereocenters. The number of esters is 1. The number of methoxy groups -OCH3 is 2. The first-order chi connectivity index (χ1) is 11.7. The second-order valence-corrected chi connectivity index (χ2v) is 6.19. The SMILES string of the molecule is CCOC(=O)C=C1CC2CCCCN2c2cc(OC)cc(OC)c21. The molecule has 3 rings (SSSR count). The molecule has 5 heteroatoms. The van der Waals surface area contributed by atoms with Crippen molar-refractivity contribution in [2.24, 2.45) is 0 Å². The van der Waals surface area contributed by atoms with Crippen LogP contribution >= 0.6 is 0 Å². The number of piperidine rings is 1. The Morgan fingerprint density at radius 2 is 2.12 bits per heavy atom. The molecule has 24 heavy (non-hydrogen) atoms. The second kappa shape index (κ2) is 7.16. The van der Waals surface area contributed by atoms with E-state index in [9.17, 15) is 4.79 Å². The van der Waals surface area contributed by atoms with Crippen LogP contribution in [0.15, 0.2) is 18.2 Å². The predicted molar refractivity (Wildman–Crippen MR) is 93.8 cm³/mol. The van der Waals surface area contributed by atoms with Crippen molar-refractivity contribution in [2.75, 3.05) is 32.3 Å². The summed E-state index contributed by atoms with van der Waals surface area (Å²) < 4.78 is 16.2. The molecular formula is C19H25NO4. The third-order valence-electron chi connectivity index (χ3n) is 4.80. The highest BCUT2D eigenvalue weighted by Gasteiger charge is 2.34. The highest BCUT2D eigenvalue weighted by Crippen LogP contribution is 2.47. The summed E-state index contributed by atoms with van der Waals surface area (Å²) in [5, 5.41) is 0. The van der Waals surface area contributed by atoms with Crippen LogP contribution in [-0.2, 0) is 9.53 Å². The average molecular weight is 331 g/mol. The van der Waals surface area contributed by atoms with Crippen molar-refractivity contribution >= 4 is 17.2 Å². The lowest BCUT2D eigenvalue weighted by Crippen LogP contribution is -2.42. The summed E-state index contributed by atoms with van der Waals surface area (Å²) in [6, 6.07) is 4.35. The molecule has 1 aromatic rings. The molecule has 5 nitrogen and oxygen atoms in total. The van der Waals surface area contributed by atoms with Crippen molar-refractivity contribution in [3.8, 4) is 11.5 Å². The number of carbonyl (C=O) groups excluding carboxylic acids is 1. The van der Waals surface area contributed by atoms with Gasteiger partial charge in [0.15, 0.2) is 0 Å². The van der Waals surface area contributed by atoms with Crippen LogP contribution in [0.3, 0.4) is 0 Å². The van der Waals surface area contributed by atoms with Crippen molar-refractivity contribution < 1.29 is 19.0 Å². The van der Waals surface area contributed by atoms with Gasteiger partial charge in [0.2, 0.25) is 0 Å². The van der Waals surface area contributed by atoms with Crippen LogP contribution in [0.25, 0.3) is 5.57 Å². The molecule has 1 fully saturated rings. The lowest BCUT2D eigenvalue weighted by molar-refractivity contribution is -0.137. The summed E-state index contributed by atoms with van der Waals surface area (Å²) in [6.45, 7) is 3.23. The van der Waals surface area contributed by atoms with Crippen LogP contribution in [0, 0.1) is 0 Å². The third-order valence-corrected chi connectivity index (χ3v) is 4.80. The molecule has 2 aliphatic rings. The van der Waals surface area contributed by atoms with Crippen molar-refractivity contribution in [1.82, 2.24) is 0 Å². The minimum absolute atomic E-state index is 0.291. The number of carbonyl (C=O) groups is 1. The fraction of sp³-hybridized carbons (Fsp3) is 0.526. The zero-order chi connectivity index (χ0) is 17.1. The molecule has 2 heterocycles. The summed E-state index contributed by atoms with van der Waals surface area (Å²) in [4.78, 5) is 14.5. The Morgan fingerprint density at radius 3 is 2.83 bits per heavy atom. The Balaban J connectivity index is 2.12. The highest BCUT2D eigenvalue weighted by atomic mass is 16.5. The lowest BCUT2D eigenvalue weighted by Gasteiger charge is -2.43. The van der Waals surface area contributed by atoms with E-state index in [1.165, 1.54) is 12.8 Å². The monoisotopic (exact) mass is 331 g/mol. The molecule has 1 saturated heterocycles. The first-order valence-corrected chi connectivity index (χ1v) is 8.58. The fourth-order valence-corrected chi connectivity index (χ4v) is 3.75. The number of hydrogen-bond donors (Lipinski definition) is 0. The number of ether oxygens (including phenoxy) is 3. The number of rotatable bonds is 4. The Morgan fingerprint density at radius 1 is 1.29 bits per heavy atom. The number of anilines is 1. The van der Waals surface area contributed by atoms with Gasteiger partial charge in [-0.15, -0.1) is 0 Å². The number of nitrogens with zero attached hydrogens (tertiary/aromatic N) is 1. The maximum atomic E-state index is 12.0. The molecule has 0 N–H and O–H groups in total. The molecular weight excluding hydrogens is 306 g/mol. The fourth-order valence-electron chi connectivity index (χ4n) is 3.75. The van der Waals surface area contributed by atoms with Crippen LogP contribution in [0.5, 0.6) is 11.5 Å². The predicted octanol–water partition coefficient (Wildman–Crippen LogP) is 3.41. The molecule has 0 saturated carbocycles. The first-order valence-electron chi connectivity index (χ1n) is 8.58. The van der Waals surface area contributed by atoms with Crippen LogP contribution in [0.1, 0.15) is 38.2 Å². The van der Waals surface area contributed by atoms with Crippen molar-refractivity contribution in [3.63, 3.8) is 0 Å². The maximum absolute atomic E-state index is 12.0. The number of benzene rings is 1. The van der Waals surface area contributed by atoms with E-state index >= 15 is 0 Å². The van der Waals surface area contributed by atoms with Crippen LogP contribution in [0.2, 0.25) is 0 Å². The van der Waals surface area contributed by atoms with Gasteiger partial charge in [-0.3, -0.25) is 0 Å². The smallest absolute Gasteiger partial charge is 0.331 e. The quantitative estimate of drug-likeness (QED) is 0.625. The van der Waals surface area contributed by atoms with Crippen molar-refractivity contribution in [2.45, 2.75) is 38.6 Å². The Kier molecular flexibility index (Phi) is 4.97. The maximum Gasteiger partial charge on any atom is 0.331 e. The van der Waals surface area contributed by atoms with E-state index in [0.717, 1.165) is 47.7 Å². The zero-order valence-corrected chi connectivity index (χ0v) is 14.6. The molecule has 0 aliphatic carbocycles. The van der Waals surface area contributed by atoms with Gasteiger partial charge in [0.25, 0.3) is 0 Å². The van der Waals surface area contributed by atoms with Crippen LogP contribution in [-0.4, -0.2) is 39.4 Å². The van der Waals surface area contributed by atoms with Crippen LogP contribution in [0.4, 0.5) is 5.69 Å². The van der Waals surface area contributed by atoms with E-state index in [-0.39, 0.29) is 5.97 Å². The van der Waals surface area contributed by atoms with Gasteiger partial charge in [-0.25, -0.2) is 4.79 Å². The Labute approximate surface area is 143 Å². The molecule has 130 valence electrons. The van der Waals surface area contributed by atoms with Crippen molar-refractivity contribution in [3.05, 3.63) is 23.8 Å². The second-order valence-electron chi connectivity index (χ2n) is 6.19. The molecule has 0 amide bonds. The summed E-state index contributed by atoms with van der Waals surface area (Å²) in [5.74, 6) is 1.22. The molecule has 0 aromatic heterocycles. The molecule has 1 atom stereocenters. The van der Waals surface area contributed by atoms with Crippen molar-refractivity contribution in [1.29, 1.82) is 0 Å². The van der Waals surface area contributed by atoms with E-state index < -0.39 is 0 Å². The summed E-state index contributed by atoms with van der Waals surface area (Å²) in [6.07, 6.45) is 6.02. The van der Waals surface area contributed by atoms with Gasteiger partial charge < -0.3 is 19.1 Å². The molecule has 1 aromatic carbocycles. The minimum atomic E-state index is -0.291. The van der Waals surface area contributed by atoms with Gasteiger partial charge in [0.1, 0.15) is 11.5 Å². The lowest BCUT2D eigenvalue weighted by atomic mass is 9.85. The van der Waals surface area contributed by atoms with E-state index in [1.54, 1.807) is 20.3 Å². The van der Waals surface area contributed by atoms with Gasteiger partial charge >= 0.3 is 5.97 Å². The highest BCUT2D eigenvalue weighted by molar-refractivity contribution is 5.96. The van der Waals surface area contributed by atoms with E-state index in [2.05, 4.69) is 4.90 Å². The average Bonchev–Trinajstić information content (AvgIpc) is 2.60. The van der Waals surface area contributed by atoms with E-state index in [1.807, 2.05) is 19.1 Å². The Hall–Kier alpha value is -2.17. The molecule has 2 aliphatic heterocycles. The summed E-state index contributed by atoms with van der Waals surface area (Å²) >= 11 is 0. The van der Waals surface area contributed by atoms with Gasteiger partial charge in [0.05, 0.1) is 26.5 Å². The number of fused-ring (bicyclic) bond motifs is 3. The standard InChI is InChI=1S/C19H25NO4/c1-4-24-18(21)10-13-9-14-7-5-6-8-20(14)16-11-15(22-2)12-17(23-3)19(13)16/h10-12,14H,4-9H2,1-3H3. The largest absolute Gasteiger partial charge is 0.497 e. The normalized spacial score (nSPS) is 21.0. The van der Waals surface area contributed by atoms with Gasteiger partial charge in [-0.05, 0) is 38.2 Å². The van der Waals surface area contributed by atoms with Crippen LogP contribution < -0.4 is 14.4 Å². The molecule has 0 spiro atoms. The van der Waals surface area contributed by atoms with Gasteiger partial charge in [-0.2, -0.15) is 0 Å². The summed E-state index contributed by atoms with van der Waals surface area (Å²) in [7, 11) is 3.31. The minimum Gasteiger partial charge on any atom is -0.497 e. The van der Waals surface area contributed by atoms with Gasteiger partial charge in [0, 0.05) is 36.4 Å². The third kappa shape index (κ3) is 3.07. The topological polar surface area (TPSA) is 48.0 Å².